The highest BCUT2D eigenvalue weighted by Gasteiger charge is 2.17. The number of benzene rings is 2. The number of para-hydroxylation sites is 1. The molecule has 2 aromatic rings. The van der Waals surface area contributed by atoms with E-state index in [-0.39, 0.29) is 10.7 Å². The molecular weight excluding hydrogens is 384 g/mol. The quantitative estimate of drug-likeness (QED) is 0.510. The van der Waals surface area contributed by atoms with Crippen LogP contribution >= 0.6 is 0 Å². The van der Waals surface area contributed by atoms with Crippen LogP contribution in [0, 0.1) is 6.92 Å². The van der Waals surface area contributed by atoms with E-state index in [2.05, 4.69) is 10.0 Å². The van der Waals surface area contributed by atoms with Crippen molar-refractivity contribution in [3.05, 3.63) is 59.7 Å². The molecule has 0 heterocycles. The van der Waals surface area contributed by atoms with Crippen LogP contribution in [0.3, 0.4) is 0 Å². The van der Waals surface area contributed by atoms with Crippen LogP contribution < -0.4 is 10.0 Å². The third-order valence-corrected chi connectivity index (χ3v) is 5.10. The third kappa shape index (κ3) is 6.00. The molecule has 1 amide bonds. The van der Waals surface area contributed by atoms with Gasteiger partial charge in [0, 0.05) is 5.56 Å². The van der Waals surface area contributed by atoms with Gasteiger partial charge in [0.05, 0.1) is 10.6 Å². The highest BCUT2D eigenvalue weighted by Crippen LogP contribution is 2.15. The number of esters is 1. The first-order chi connectivity index (χ1) is 13.2. The van der Waals surface area contributed by atoms with Crippen LogP contribution in [-0.2, 0) is 24.3 Å². The monoisotopic (exact) mass is 404 g/mol. The number of aryl methyl sites for hydroxylation is 1. The molecule has 0 aliphatic rings. The Bertz CT molecular complexity index is 984. The van der Waals surface area contributed by atoms with E-state index in [0.29, 0.717) is 11.3 Å². The van der Waals surface area contributed by atoms with Crippen LogP contribution in [0.25, 0.3) is 0 Å². The molecule has 2 rings (SSSR count). The summed E-state index contributed by atoms with van der Waals surface area (Å²) in [7, 11) is -3.86. The van der Waals surface area contributed by atoms with Crippen molar-refractivity contribution in [2.45, 2.75) is 18.7 Å². The van der Waals surface area contributed by atoms with Crippen molar-refractivity contribution >= 4 is 33.4 Å². The maximum absolute atomic E-state index is 12.1. The highest BCUT2D eigenvalue weighted by atomic mass is 32.2. The van der Waals surface area contributed by atoms with Gasteiger partial charge in [-0.05, 0) is 38.1 Å². The number of carbonyl (C=O) groups excluding carboxylic acids is 3. The smallest absolute Gasteiger partial charge is 0.321 e. The first-order valence-corrected chi connectivity index (χ1v) is 9.79. The molecule has 9 heteroatoms. The molecule has 0 saturated carbocycles. The minimum atomic E-state index is -3.86. The van der Waals surface area contributed by atoms with Crippen molar-refractivity contribution in [1.29, 1.82) is 0 Å². The van der Waals surface area contributed by atoms with E-state index in [1.807, 2.05) is 6.92 Å². The molecule has 0 fully saturated rings. The first kappa shape index (κ1) is 21.3. The van der Waals surface area contributed by atoms with Gasteiger partial charge in [-0.1, -0.05) is 29.8 Å². The lowest BCUT2D eigenvalue weighted by atomic mass is 10.1. The predicted octanol–water partition coefficient (Wildman–Crippen LogP) is 1.66. The molecular formula is C19H20N2O6S. The normalized spacial score (nSPS) is 10.9. The van der Waals surface area contributed by atoms with Gasteiger partial charge in [-0.3, -0.25) is 14.4 Å². The fraction of sp³-hybridized carbons (Fsp3) is 0.211. The van der Waals surface area contributed by atoms with E-state index in [1.54, 1.807) is 36.4 Å². The number of rotatable bonds is 8. The second kappa shape index (κ2) is 9.25. The third-order valence-electron chi connectivity index (χ3n) is 3.68. The molecule has 0 unspecified atom stereocenters. The number of carbonyl (C=O) groups is 3. The van der Waals surface area contributed by atoms with Crippen molar-refractivity contribution in [2.24, 2.45) is 0 Å². The summed E-state index contributed by atoms with van der Waals surface area (Å²) in [5.74, 6) is -1.78. The molecule has 0 bridgehead atoms. The van der Waals surface area contributed by atoms with Crippen molar-refractivity contribution in [3.63, 3.8) is 0 Å². The molecule has 8 nitrogen and oxygen atoms in total. The number of sulfonamides is 1. The summed E-state index contributed by atoms with van der Waals surface area (Å²) in [4.78, 5) is 35.2. The predicted molar refractivity (Wildman–Crippen MR) is 102 cm³/mol. The largest absolute Gasteiger partial charge is 0.455 e. The van der Waals surface area contributed by atoms with Crippen LogP contribution in [0.4, 0.5) is 5.69 Å². The van der Waals surface area contributed by atoms with Crippen molar-refractivity contribution in [1.82, 2.24) is 4.72 Å². The van der Waals surface area contributed by atoms with Gasteiger partial charge in [0.2, 0.25) is 10.0 Å². The molecule has 28 heavy (non-hydrogen) atoms. The zero-order valence-electron chi connectivity index (χ0n) is 15.4. The molecule has 0 aromatic heterocycles. The zero-order chi connectivity index (χ0) is 20.7. The molecule has 0 aliphatic heterocycles. The van der Waals surface area contributed by atoms with Crippen molar-refractivity contribution in [2.75, 3.05) is 18.5 Å². The van der Waals surface area contributed by atoms with Gasteiger partial charge < -0.3 is 10.1 Å². The van der Waals surface area contributed by atoms with Crippen LogP contribution in [0.1, 0.15) is 22.8 Å². The molecule has 0 atom stereocenters. The topological polar surface area (TPSA) is 119 Å². The number of Topliss-reactive ketones (excluding diaryl/α,β-unsaturated/α-hetero) is 1. The van der Waals surface area contributed by atoms with Crippen LogP contribution in [-0.4, -0.2) is 39.2 Å². The number of ketones is 1. The standard InChI is InChI=1S/C19H20N2O6S/c1-13-7-9-15(10-8-13)28(25,26)20-11-19(24)27-12-18(23)21-17-6-4-3-5-16(17)14(2)22/h3-10,20H,11-12H2,1-2H3,(H,21,23). The maximum Gasteiger partial charge on any atom is 0.321 e. The number of ether oxygens (including phenoxy) is 1. The summed E-state index contributed by atoms with van der Waals surface area (Å²) in [6.07, 6.45) is 0. The summed E-state index contributed by atoms with van der Waals surface area (Å²) in [6.45, 7) is 1.96. The minimum absolute atomic E-state index is 0.0180. The Kier molecular flexibility index (Phi) is 7.02. The molecule has 0 radical (unpaired) electrons. The number of amides is 1. The van der Waals surface area contributed by atoms with Gasteiger partial charge in [-0.15, -0.1) is 0 Å². The second-order valence-electron chi connectivity index (χ2n) is 5.95. The first-order valence-electron chi connectivity index (χ1n) is 8.31. The Morgan fingerprint density at radius 3 is 2.29 bits per heavy atom. The van der Waals surface area contributed by atoms with E-state index in [9.17, 15) is 22.8 Å². The van der Waals surface area contributed by atoms with Crippen molar-refractivity contribution < 1.29 is 27.5 Å². The van der Waals surface area contributed by atoms with Crippen LogP contribution in [0.2, 0.25) is 0 Å². The lowest BCUT2D eigenvalue weighted by Crippen LogP contribution is -2.32. The van der Waals surface area contributed by atoms with Gasteiger partial charge in [-0.2, -0.15) is 4.72 Å². The SMILES string of the molecule is CC(=O)c1ccccc1NC(=O)COC(=O)CNS(=O)(=O)c1ccc(C)cc1. The number of hydrogen-bond acceptors (Lipinski definition) is 6. The van der Waals surface area contributed by atoms with E-state index < -0.39 is 35.1 Å². The number of anilines is 1. The van der Waals surface area contributed by atoms with E-state index in [1.165, 1.54) is 19.1 Å². The molecule has 0 aliphatic carbocycles. The Labute approximate surface area is 163 Å². The van der Waals surface area contributed by atoms with Gasteiger partial charge in [0.15, 0.2) is 12.4 Å². The van der Waals surface area contributed by atoms with E-state index in [0.717, 1.165) is 5.56 Å². The zero-order valence-corrected chi connectivity index (χ0v) is 16.2. The summed E-state index contributed by atoms with van der Waals surface area (Å²) in [5.41, 5.74) is 1.53. The Morgan fingerprint density at radius 2 is 1.64 bits per heavy atom. The lowest BCUT2D eigenvalue weighted by Gasteiger charge is -2.10. The average molecular weight is 404 g/mol. The Hall–Kier alpha value is -3.04. The van der Waals surface area contributed by atoms with E-state index in [4.69, 9.17) is 4.74 Å². The fourth-order valence-electron chi connectivity index (χ4n) is 2.24. The molecule has 2 aromatic carbocycles. The molecule has 0 spiro atoms. The van der Waals surface area contributed by atoms with Gasteiger partial charge in [0.25, 0.3) is 5.91 Å². The maximum atomic E-state index is 12.1. The molecule has 0 saturated heterocycles. The Balaban J connectivity index is 1.85. The molecule has 2 N–H and O–H groups in total. The summed E-state index contributed by atoms with van der Waals surface area (Å²) >= 11 is 0. The van der Waals surface area contributed by atoms with Gasteiger partial charge in [0.1, 0.15) is 6.54 Å². The number of hydrogen-bond donors (Lipinski definition) is 2. The van der Waals surface area contributed by atoms with Gasteiger partial charge >= 0.3 is 5.97 Å². The second-order valence-corrected chi connectivity index (χ2v) is 7.72. The minimum Gasteiger partial charge on any atom is -0.455 e. The highest BCUT2D eigenvalue weighted by molar-refractivity contribution is 7.89. The summed E-state index contributed by atoms with van der Waals surface area (Å²) < 4.78 is 31.1. The fourth-order valence-corrected chi connectivity index (χ4v) is 3.21. The summed E-state index contributed by atoms with van der Waals surface area (Å²) in [5, 5.41) is 2.48. The van der Waals surface area contributed by atoms with Crippen molar-refractivity contribution in [3.8, 4) is 0 Å². The van der Waals surface area contributed by atoms with E-state index >= 15 is 0 Å². The molecule has 148 valence electrons. The summed E-state index contributed by atoms with van der Waals surface area (Å²) in [6, 6.07) is 12.5. The van der Waals surface area contributed by atoms with Crippen LogP contribution in [0.15, 0.2) is 53.4 Å². The van der Waals surface area contributed by atoms with Crippen LogP contribution in [0.5, 0.6) is 0 Å². The average Bonchev–Trinajstić information content (AvgIpc) is 2.65. The Morgan fingerprint density at radius 1 is 1.00 bits per heavy atom. The number of nitrogens with one attached hydrogen (secondary N) is 2. The lowest BCUT2D eigenvalue weighted by molar-refractivity contribution is -0.146. The van der Waals surface area contributed by atoms with Gasteiger partial charge in [-0.25, -0.2) is 8.42 Å².